The van der Waals surface area contributed by atoms with E-state index in [0.717, 1.165) is 22.0 Å². The number of benzene rings is 1. The molecule has 0 saturated carbocycles. The Morgan fingerprint density at radius 2 is 1.87 bits per heavy atom. The maximum absolute atomic E-state index is 9.63. The zero-order valence-electron chi connectivity index (χ0n) is 8.82. The Hall–Kier alpha value is -0.870. The van der Waals surface area contributed by atoms with Crippen molar-refractivity contribution in [3.8, 4) is 11.5 Å². The molecule has 3 nitrogen and oxygen atoms in total. The van der Waals surface area contributed by atoms with Crippen molar-refractivity contribution in [1.82, 2.24) is 0 Å². The van der Waals surface area contributed by atoms with Gasteiger partial charge in [0.2, 0.25) is 0 Å². The molecule has 0 amide bonds. The number of thioether (sulfide) groups is 1. The molecule has 0 aromatic heterocycles. The van der Waals surface area contributed by atoms with Crippen LogP contribution >= 0.6 is 11.8 Å². The summed E-state index contributed by atoms with van der Waals surface area (Å²) in [4.78, 5) is 1.04. The van der Waals surface area contributed by atoms with Crippen molar-refractivity contribution in [1.29, 1.82) is 0 Å². The third-order valence-corrected chi connectivity index (χ3v) is 3.14. The van der Waals surface area contributed by atoms with Gasteiger partial charge in [-0.2, -0.15) is 0 Å². The Balaban J connectivity index is 2.46. The molecule has 1 aromatic carbocycles. The van der Waals surface area contributed by atoms with Crippen LogP contribution in [0.4, 0.5) is 0 Å². The quantitative estimate of drug-likeness (QED) is 0.785. The summed E-state index contributed by atoms with van der Waals surface area (Å²) >= 11 is 1.60. The van der Waals surface area contributed by atoms with Crippen LogP contribution in [-0.2, 0) is 0 Å². The van der Waals surface area contributed by atoms with Crippen LogP contribution in [0.5, 0.6) is 11.5 Å². The molecule has 0 bridgehead atoms. The number of aliphatic hydroxyl groups excluding tert-OH is 1. The second-order valence-corrected chi connectivity index (χ2v) is 4.26. The normalized spacial score (nSPS) is 16.2. The summed E-state index contributed by atoms with van der Waals surface area (Å²) in [5.74, 6) is 1.50. The molecule has 1 aliphatic heterocycles. The molecule has 0 radical (unpaired) electrons. The van der Waals surface area contributed by atoms with E-state index < -0.39 is 6.10 Å². The molecule has 0 spiro atoms. The lowest BCUT2D eigenvalue weighted by molar-refractivity contribution is 0.167. The van der Waals surface area contributed by atoms with Gasteiger partial charge < -0.3 is 14.6 Å². The van der Waals surface area contributed by atoms with Crippen LogP contribution in [0.1, 0.15) is 18.6 Å². The minimum absolute atomic E-state index is 0.483. The van der Waals surface area contributed by atoms with E-state index in [9.17, 15) is 5.11 Å². The van der Waals surface area contributed by atoms with E-state index in [0.29, 0.717) is 13.2 Å². The van der Waals surface area contributed by atoms with E-state index in [1.54, 1.807) is 18.7 Å². The van der Waals surface area contributed by atoms with Gasteiger partial charge in [0.1, 0.15) is 13.2 Å². The highest BCUT2D eigenvalue weighted by Crippen LogP contribution is 2.38. The molecule has 1 aliphatic rings. The standard InChI is InChI=1S/C11H14O3S/c1-7(12)8-5-9-10(6-11(8)15-2)14-4-3-13-9/h5-7,12H,3-4H2,1-2H3. The summed E-state index contributed by atoms with van der Waals surface area (Å²) in [5.41, 5.74) is 0.895. The molecule has 1 heterocycles. The van der Waals surface area contributed by atoms with Gasteiger partial charge >= 0.3 is 0 Å². The average Bonchev–Trinajstić information content (AvgIpc) is 2.27. The van der Waals surface area contributed by atoms with Crippen LogP contribution in [0.2, 0.25) is 0 Å². The van der Waals surface area contributed by atoms with E-state index in [2.05, 4.69) is 0 Å². The number of ether oxygens (including phenoxy) is 2. The predicted molar refractivity (Wildman–Crippen MR) is 59.8 cm³/mol. The highest BCUT2D eigenvalue weighted by Gasteiger charge is 2.17. The smallest absolute Gasteiger partial charge is 0.162 e. The highest BCUT2D eigenvalue weighted by atomic mass is 32.2. The van der Waals surface area contributed by atoms with Crippen molar-refractivity contribution in [3.63, 3.8) is 0 Å². The van der Waals surface area contributed by atoms with E-state index >= 15 is 0 Å². The Bertz CT molecular complexity index is 363. The van der Waals surface area contributed by atoms with Gasteiger partial charge in [-0.25, -0.2) is 0 Å². The lowest BCUT2D eigenvalue weighted by Gasteiger charge is -2.21. The van der Waals surface area contributed by atoms with Crippen LogP contribution < -0.4 is 9.47 Å². The van der Waals surface area contributed by atoms with Gasteiger partial charge in [0, 0.05) is 4.90 Å². The van der Waals surface area contributed by atoms with Crippen LogP contribution in [0.15, 0.2) is 17.0 Å². The lowest BCUT2D eigenvalue weighted by atomic mass is 10.1. The molecule has 15 heavy (non-hydrogen) atoms. The zero-order valence-corrected chi connectivity index (χ0v) is 9.63. The molecule has 82 valence electrons. The molecule has 2 rings (SSSR count). The Labute approximate surface area is 93.4 Å². The molecule has 0 fully saturated rings. The fourth-order valence-corrected chi connectivity index (χ4v) is 2.28. The van der Waals surface area contributed by atoms with E-state index in [1.807, 2.05) is 18.4 Å². The predicted octanol–water partition coefficient (Wildman–Crippen LogP) is 2.23. The minimum Gasteiger partial charge on any atom is -0.486 e. The molecule has 1 aromatic rings. The summed E-state index contributed by atoms with van der Waals surface area (Å²) in [7, 11) is 0. The summed E-state index contributed by atoms with van der Waals surface area (Å²) in [5, 5.41) is 9.63. The molecule has 1 atom stereocenters. The van der Waals surface area contributed by atoms with Crippen molar-refractivity contribution >= 4 is 11.8 Å². The number of hydrogen-bond donors (Lipinski definition) is 1. The first kappa shape index (κ1) is 10.6. The summed E-state index contributed by atoms with van der Waals surface area (Å²) < 4.78 is 10.9. The van der Waals surface area contributed by atoms with Crippen molar-refractivity contribution in [2.75, 3.05) is 19.5 Å². The Morgan fingerprint density at radius 1 is 1.27 bits per heavy atom. The number of fused-ring (bicyclic) bond motifs is 1. The SMILES string of the molecule is CSc1cc2c(cc1C(C)O)OCCO2. The average molecular weight is 226 g/mol. The Kier molecular flexibility index (Phi) is 3.07. The minimum atomic E-state index is -0.483. The van der Waals surface area contributed by atoms with Gasteiger partial charge in [-0.1, -0.05) is 0 Å². The highest BCUT2D eigenvalue weighted by molar-refractivity contribution is 7.98. The molecule has 1 unspecified atom stereocenters. The Morgan fingerprint density at radius 3 is 2.40 bits per heavy atom. The fraction of sp³-hybridized carbons (Fsp3) is 0.455. The topological polar surface area (TPSA) is 38.7 Å². The van der Waals surface area contributed by atoms with Crippen molar-refractivity contribution in [3.05, 3.63) is 17.7 Å². The first-order valence-electron chi connectivity index (χ1n) is 4.88. The summed E-state index contributed by atoms with van der Waals surface area (Å²) in [6.45, 7) is 2.92. The van der Waals surface area contributed by atoms with Gasteiger partial charge in [-0.05, 0) is 30.9 Å². The van der Waals surface area contributed by atoms with Gasteiger partial charge in [-0.3, -0.25) is 0 Å². The van der Waals surface area contributed by atoms with Crippen LogP contribution in [0.3, 0.4) is 0 Å². The lowest BCUT2D eigenvalue weighted by Crippen LogP contribution is -2.15. The van der Waals surface area contributed by atoms with E-state index in [-0.39, 0.29) is 0 Å². The van der Waals surface area contributed by atoms with Crippen molar-refractivity contribution in [2.45, 2.75) is 17.9 Å². The first-order chi connectivity index (χ1) is 7.22. The molecule has 0 aliphatic carbocycles. The maximum atomic E-state index is 9.63. The maximum Gasteiger partial charge on any atom is 0.162 e. The van der Waals surface area contributed by atoms with Gasteiger partial charge in [0.15, 0.2) is 11.5 Å². The van der Waals surface area contributed by atoms with Crippen LogP contribution in [0, 0.1) is 0 Å². The van der Waals surface area contributed by atoms with E-state index in [4.69, 9.17) is 9.47 Å². The molecular weight excluding hydrogens is 212 g/mol. The zero-order chi connectivity index (χ0) is 10.8. The third kappa shape index (κ3) is 2.06. The second kappa shape index (κ2) is 4.33. The van der Waals surface area contributed by atoms with Gasteiger partial charge in [0.25, 0.3) is 0 Å². The summed E-state index contributed by atoms with van der Waals surface area (Å²) in [6.07, 6.45) is 1.50. The number of rotatable bonds is 2. The number of aliphatic hydroxyl groups is 1. The van der Waals surface area contributed by atoms with Crippen LogP contribution in [0.25, 0.3) is 0 Å². The number of hydrogen-bond acceptors (Lipinski definition) is 4. The third-order valence-electron chi connectivity index (χ3n) is 2.34. The molecule has 1 N–H and O–H groups in total. The molecule has 0 saturated heterocycles. The fourth-order valence-electron chi connectivity index (χ4n) is 1.59. The van der Waals surface area contributed by atoms with Gasteiger partial charge in [0.05, 0.1) is 6.10 Å². The van der Waals surface area contributed by atoms with E-state index in [1.165, 1.54) is 0 Å². The van der Waals surface area contributed by atoms with Gasteiger partial charge in [-0.15, -0.1) is 11.8 Å². The van der Waals surface area contributed by atoms with Crippen molar-refractivity contribution in [2.24, 2.45) is 0 Å². The largest absolute Gasteiger partial charge is 0.486 e. The van der Waals surface area contributed by atoms with Crippen LogP contribution in [-0.4, -0.2) is 24.6 Å². The molecular formula is C11H14O3S. The molecule has 4 heteroatoms. The summed E-state index contributed by atoms with van der Waals surface area (Å²) in [6, 6.07) is 3.80. The monoisotopic (exact) mass is 226 g/mol. The first-order valence-corrected chi connectivity index (χ1v) is 6.10. The van der Waals surface area contributed by atoms with Crippen molar-refractivity contribution < 1.29 is 14.6 Å². The second-order valence-electron chi connectivity index (χ2n) is 3.41.